The number of hydrogen-bond donors (Lipinski definition) is 3. The molecule has 0 aliphatic rings. The van der Waals surface area contributed by atoms with Gasteiger partial charge in [-0.1, -0.05) is 12.1 Å². The Morgan fingerprint density at radius 3 is 2.23 bits per heavy atom. The quantitative estimate of drug-likeness (QED) is 0.680. The van der Waals surface area contributed by atoms with Crippen molar-refractivity contribution < 1.29 is 19.1 Å². The molecule has 0 aliphatic heterocycles. The van der Waals surface area contributed by atoms with E-state index in [0.717, 1.165) is 0 Å². The summed E-state index contributed by atoms with van der Waals surface area (Å²) < 4.78 is 12.9. The standard InChI is InChI=1S/C16H23FN2O3/c1-3-18-14(20)5-4-6-15(21)19-11-16(2,22)12-7-9-13(17)10-8-12/h7-10,22H,3-6,11H2,1-2H3,(H,18,20)(H,19,21). The molecule has 1 unspecified atom stereocenters. The zero-order valence-electron chi connectivity index (χ0n) is 13.0. The Balaban J connectivity index is 2.36. The normalized spacial score (nSPS) is 13.3. The number of hydrogen-bond acceptors (Lipinski definition) is 3. The third-order valence-corrected chi connectivity index (χ3v) is 3.28. The summed E-state index contributed by atoms with van der Waals surface area (Å²) in [5.74, 6) is -0.686. The molecule has 0 aromatic heterocycles. The molecule has 3 N–H and O–H groups in total. The van der Waals surface area contributed by atoms with Crippen LogP contribution < -0.4 is 10.6 Å². The largest absolute Gasteiger partial charge is 0.384 e. The Morgan fingerprint density at radius 2 is 1.68 bits per heavy atom. The molecule has 1 aromatic carbocycles. The monoisotopic (exact) mass is 310 g/mol. The fourth-order valence-corrected chi connectivity index (χ4v) is 1.97. The summed E-state index contributed by atoms with van der Waals surface area (Å²) in [6, 6.07) is 5.49. The third-order valence-electron chi connectivity index (χ3n) is 3.28. The minimum atomic E-state index is -1.27. The fraction of sp³-hybridized carbons (Fsp3) is 0.500. The maximum Gasteiger partial charge on any atom is 0.220 e. The molecule has 5 nitrogen and oxygen atoms in total. The van der Waals surface area contributed by atoms with Crippen LogP contribution in [0.4, 0.5) is 4.39 Å². The van der Waals surface area contributed by atoms with Crippen LogP contribution in [-0.4, -0.2) is 30.0 Å². The molecular formula is C16H23FN2O3. The van der Waals surface area contributed by atoms with Crippen LogP contribution in [0.15, 0.2) is 24.3 Å². The van der Waals surface area contributed by atoms with E-state index in [2.05, 4.69) is 10.6 Å². The van der Waals surface area contributed by atoms with Gasteiger partial charge in [0.1, 0.15) is 11.4 Å². The van der Waals surface area contributed by atoms with Crippen molar-refractivity contribution in [2.45, 2.75) is 38.7 Å². The lowest BCUT2D eigenvalue weighted by Gasteiger charge is -2.24. The van der Waals surface area contributed by atoms with Gasteiger partial charge in [0.2, 0.25) is 11.8 Å². The zero-order valence-corrected chi connectivity index (χ0v) is 13.0. The lowest BCUT2D eigenvalue weighted by atomic mass is 9.96. The van der Waals surface area contributed by atoms with Crippen LogP contribution >= 0.6 is 0 Å². The molecule has 6 heteroatoms. The summed E-state index contributed by atoms with van der Waals surface area (Å²) in [4.78, 5) is 22.9. The van der Waals surface area contributed by atoms with Crippen LogP contribution in [0.3, 0.4) is 0 Å². The number of carbonyl (C=O) groups is 2. The predicted molar refractivity (Wildman–Crippen MR) is 81.5 cm³/mol. The molecule has 1 rings (SSSR count). The Kier molecular flexibility index (Phi) is 6.98. The van der Waals surface area contributed by atoms with E-state index in [1.54, 1.807) is 6.92 Å². The van der Waals surface area contributed by atoms with Crippen molar-refractivity contribution in [1.29, 1.82) is 0 Å². The van der Waals surface area contributed by atoms with Gasteiger partial charge in [-0.25, -0.2) is 4.39 Å². The number of rotatable bonds is 8. The van der Waals surface area contributed by atoms with Gasteiger partial charge in [-0.3, -0.25) is 9.59 Å². The van der Waals surface area contributed by atoms with Gasteiger partial charge in [-0.2, -0.15) is 0 Å². The highest BCUT2D eigenvalue weighted by Crippen LogP contribution is 2.19. The van der Waals surface area contributed by atoms with Crippen molar-refractivity contribution in [3.05, 3.63) is 35.6 Å². The van der Waals surface area contributed by atoms with Crippen LogP contribution in [0.1, 0.15) is 38.7 Å². The number of carbonyl (C=O) groups excluding carboxylic acids is 2. The van der Waals surface area contributed by atoms with Crippen molar-refractivity contribution in [3.63, 3.8) is 0 Å². The maximum absolute atomic E-state index is 12.9. The molecule has 0 saturated carbocycles. The molecule has 0 bridgehead atoms. The summed E-state index contributed by atoms with van der Waals surface area (Å²) in [6.07, 6.45) is 0.975. The molecule has 0 aliphatic carbocycles. The second-order valence-electron chi connectivity index (χ2n) is 5.36. The van der Waals surface area contributed by atoms with Crippen molar-refractivity contribution in [2.75, 3.05) is 13.1 Å². The molecule has 122 valence electrons. The van der Waals surface area contributed by atoms with E-state index >= 15 is 0 Å². The van der Waals surface area contributed by atoms with Gasteiger partial charge < -0.3 is 15.7 Å². The average molecular weight is 310 g/mol. The van der Waals surface area contributed by atoms with E-state index in [-0.39, 0.29) is 30.6 Å². The Labute approximate surface area is 129 Å². The Hall–Kier alpha value is -1.95. The molecule has 0 heterocycles. The Bertz CT molecular complexity index is 501. The van der Waals surface area contributed by atoms with Gasteiger partial charge in [0.05, 0.1) is 6.54 Å². The van der Waals surface area contributed by atoms with Crippen LogP contribution in [0.25, 0.3) is 0 Å². The van der Waals surface area contributed by atoms with Gasteiger partial charge in [0.15, 0.2) is 0 Å². The van der Waals surface area contributed by atoms with Crippen LogP contribution in [-0.2, 0) is 15.2 Å². The number of amides is 2. The van der Waals surface area contributed by atoms with Gasteiger partial charge in [0, 0.05) is 19.4 Å². The molecular weight excluding hydrogens is 287 g/mol. The second kappa shape index (κ2) is 8.48. The van der Waals surface area contributed by atoms with Crippen molar-refractivity contribution >= 4 is 11.8 Å². The summed E-state index contributed by atoms with van der Waals surface area (Å²) in [5.41, 5.74) is -0.750. The molecule has 1 atom stereocenters. The highest BCUT2D eigenvalue weighted by atomic mass is 19.1. The number of benzene rings is 1. The van der Waals surface area contributed by atoms with E-state index in [1.165, 1.54) is 24.3 Å². The number of halogens is 1. The number of nitrogens with one attached hydrogen (secondary N) is 2. The lowest BCUT2D eigenvalue weighted by Crippen LogP contribution is -2.38. The van der Waals surface area contributed by atoms with Gasteiger partial charge in [0.25, 0.3) is 0 Å². The van der Waals surface area contributed by atoms with Crippen LogP contribution in [0.2, 0.25) is 0 Å². The molecule has 22 heavy (non-hydrogen) atoms. The average Bonchev–Trinajstić information content (AvgIpc) is 2.46. The predicted octanol–water partition coefficient (Wildman–Crippen LogP) is 1.46. The maximum atomic E-state index is 12.9. The number of aliphatic hydroxyl groups is 1. The van der Waals surface area contributed by atoms with E-state index in [1.807, 2.05) is 6.92 Å². The SMILES string of the molecule is CCNC(=O)CCCC(=O)NCC(C)(O)c1ccc(F)cc1. The van der Waals surface area contributed by atoms with E-state index in [9.17, 15) is 19.1 Å². The first-order valence-corrected chi connectivity index (χ1v) is 7.37. The van der Waals surface area contributed by atoms with Gasteiger partial charge in [-0.15, -0.1) is 0 Å². The summed E-state index contributed by atoms with van der Waals surface area (Å²) in [7, 11) is 0. The fourth-order valence-electron chi connectivity index (χ4n) is 1.97. The lowest BCUT2D eigenvalue weighted by molar-refractivity contribution is -0.123. The highest BCUT2D eigenvalue weighted by Gasteiger charge is 2.23. The first-order chi connectivity index (χ1) is 10.3. The summed E-state index contributed by atoms with van der Waals surface area (Å²) >= 11 is 0. The molecule has 2 amide bonds. The van der Waals surface area contributed by atoms with Gasteiger partial charge >= 0.3 is 0 Å². The molecule has 1 aromatic rings. The molecule has 0 saturated heterocycles. The minimum Gasteiger partial charge on any atom is -0.384 e. The molecule has 0 fully saturated rings. The first-order valence-electron chi connectivity index (χ1n) is 7.37. The van der Waals surface area contributed by atoms with E-state index in [4.69, 9.17) is 0 Å². The van der Waals surface area contributed by atoms with Crippen LogP contribution in [0, 0.1) is 5.82 Å². The summed E-state index contributed by atoms with van der Waals surface area (Å²) in [5, 5.41) is 15.6. The molecule has 0 spiro atoms. The zero-order chi connectivity index (χ0) is 16.6. The van der Waals surface area contributed by atoms with Crippen molar-refractivity contribution in [2.24, 2.45) is 0 Å². The summed E-state index contributed by atoms with van der Waals surface area (Å²) in [6.45, 7) is 3.99. The topological polar surface area (TPSA) is 78.4 Å². The van der Waals surface area contributed by atoms with Gasteiger partial charge in [-0.05, 0) is 38.0 Å². The smallest absolute Gasteiger partial charge is 0.220 e. The van der Waals surface area contributed by atoms with Crippen molar-refractivity contribution in [3.8, 4) is 0 Å². The molecule has 0 radical (unpaired) electrons. The van der Waals surface area contributed by atoms with E-state index in [0.29, 0.717) is 24.9 Å². The van der Waals surface area contributed by atoms with Crippen molar-refractivity contribution in [1.82, 2.24) is 10.6 Å². The minimum absolute atomic E-state index is 0.0264. The second-order valence-corrected chi connectivity index (χ2v) is 5.36. The highest BCUT2D eigenvalue weighted by molar-refractivity contribution is 5.78. The van der Waals surface area contributed by atoms with E-state index < -0.39 is 5.60 Å². The Morgan fingerprint density at radius 1 is 1.14 bits per heavy atom. The first kappa shape index (κ1) is 18.1. The van der Waals surface area contributed by atoms with Crippen LogP contribution in [0.5, 0.6) is 0 Å². The third kappa shape index (κ3) is 6.22.